The van der Waals surface area contributed by atoms with Gasteiger partial charge in [0.1, 0.15) is 0 Å². The molecule has 0 atom stereocenters. The summed E-state index contributed by atoms with van der Waals surface area (Å²) in [5.41, 5.74) is 0.829. The maximum atomic E-state index is 12.0. The van der Waals surface area contributed by atoms with Gasteiger partial charge in [-0.2, -0.15) is 5.26 Å². The van der Waals surface area contributed by atoms with Crippen molar-refractivity contribution in [2.24, 2.45) is 5.92 Å². The minimum Gasteiger partial charge on any atom is -0.211 e. The Labute approximate surface area is 108 Å². The average Bonchev–Trinajstić information content (AvgIpc) is 2.28. The van der Waals surface area contributed by atoms with Crippen LogP contribution < -0.4 is 4.72 Å². The highest BCUT2D eigenvalue weighted by Gasteiger charge is 2.21. The van der Waals surface area contributed by atoms with Crippen LogP contribution in [0.5, 0.6) is 0 Å². The van der Waals surface area contributed by atoms with Crippen molar-refractivity contribution in [3.05, 3.63) is 29.8 Å². The van der Waals surface area contributed by atoms with Crippen molar-refractivity contribution in [2.75, 3.05) is 6.54 Å². The molecule has 0 unspecified atom stereocenters. The van der Waals surface area contributed by atoms with Crippen LogP contribution in [0.25, 0.3) is 0 Å². The van der Waals surface area contributed by atoms with Crippen molar-refractivity contribution >= 4 is 10.0 Å². The predicted molar refractivity (Wildman–Crippen MR) is 68.3 cm³/mol. The molecule has 18 heavy (non-hydrogen) atoms. The number of rotatable bonds is 5. The first kappa shape index (κ1) is 13.1. The summed E-state index contributed by atoms with van der Waals surface area (Å²) in [7, 11) is -3.40. The molecular formula is C13H16N2O2S. The van der Waals surface area contributed by atoms with Crippen LogP contribution >= 0.6 is 0 Å². The van der Waals surface area contributed by atoms with Crippen molar-refractivity contribution in [1.29, 1.82) is 5.26 Å². The van der Waals surface area contributed by atoms with Crippen LogP contribution in [0.1, 0.15) is 24.8 Å². The molecule has 1 N–H and O–H groups in total. The van der Waals surface area contributed by atoms with E-state index in [4.69, 9.17) is 5.26 Å². The normalized spacial score (nSPS) is 15.9. The van der Waals surface area contributed by atoms with Gasteiger partial charge in [-0.3, -0.25) is 0 Å². The first-order chi connectivity index (χ1) is 8.62. The molecule has 0 heterocycles. The summed E-state index contributed by atoms with van der Waals surface area (Å²) in [6, 6.07) is 8.50. The quantitative estimate of drug-likeness (QED) is 0.882. The van der Waals surface area contributed by atoms with Gasteiger partial charge in [-0.15, -0.1) is 0 Å². The summed E-state index contributed by atoms with van der Waals surface area (Å²) in [6.45, 7) is 0.530. The number of nitriles is 1. The Balaban J connectivity index is 2.01. The topological polar surface area (TPSA) is 70.0 Å². The molecule has 1 fully saturated rings. The van der Waals surface area contributed by atoms with Crippen LogP contribution in [0.15, 0.2) is 29.2 Å². The molecule has 0 saturated heterocycles. The van der Waals surface area contributed by atoms with Crippen molar-refractivity contribution in [3.63, 3.8) is 0 Å². The Bertz CT molecular complexity index is 539. The van der Waals surface area contributed by atoms with Crippen molar-refractivity contribution in [3.8, 4) is 6.07 Å². The average molecular weight is 264 g/mol. The second-order valence-corrected chi connectivity index (χ2v) is 6.39. The fourth-order valence-corrected chi connectivity index (χ4v) is 3.00. The van der Waals surface area contributed by atoms with E-state index in [0.717, 1.165) is 18.4 Å². The zero-order chi connectivity index (χ0) is 13.0. The molecule has 1 aromatic carbocycles. The summed E-state index contributed by atoms with van der Waals surface area (Å²) in [5, 5.41) is 8.55. The van der Waals surface area contributed by atoms with Gasteiger partial charge in [0.05, 0.1) is 17.4 Å². The minimum absolute atomic E-state index is 0.267. The lowest BCUT2D eigenvalue weighted by Crippen LogP contribution is -2.32. The second kappa shape index (κ2) is 5.51. The van der Waals surface area contributed by atoms with Gasteiger partial charge in [0.25, 0.3) is 0 Å². The molecule has 1 aliphatic rings. The third-order valence-corrected chi connectivity index (χ3v) is 4.74. The molecule has 2 rings (SSSR count). The monoisotopic (exact) mass is 264 g/mol. The van der Waals surface area contributed by atoms with E-state index in [1.807, 2.05) is 6.07 Å². The SMILES string of the molecule is N#CCc1ccc(S(=O)(=O)NCC2CCC2)cc1. The van der Waals surface area contributed by atoms with Gasteiger partial charge >= 0.3 is 0 Å². The van der Waals surface area contributed by atoms with E-state index in [-0.39, 0.29) is 4.90 Å². The van der Waals surface area contributed by atoms with Gasteiger partial charge in [-0.1, -0.05) is 18.6 Å². The minimum atomic E-state index is -3.40. The lowest BCUT2D eigenvalue weighted by molar-refractivity contribution is 0.316. The van der Waals surface area contributed by atoms with E-state index in [2.05, 4.69) is 4.72 Å². The van der Waals surface area contributed by atoms with E-state index in [9.17, 15) is 8.42 Å². The smallest absolute Gasteiger partial charge is 0.211 e. The Morgan fingerprint density at radius 1 is 1.28 bits per heavy atom. The number of hydrogen-bond acceptors (Lipinski definition) is 3. The molecule has 0 bridgehead atoms. The standard InChI is InChI=1S/C13H16N2O2S/c14-9-8-11-4-6-13(7-5-11)18(16,17)15-10-12-2-1-3-12/h4-7,12,15H,1-3,8,10H2. The van der Waals surface area contributed by atoms with Crippen molar-refractivity contribution < 1.29 is 8.42 Å². The Morgan fingerprint density at radius 3 is 2.44 bits per heavy atom. The summed E-state index contributed by atoms with van der Waals surface area (Å²) in [4.78, 5) is 0.267. The van der Waals surface area contributed by atoms with Crippen LogP contribution in [0.4, 0.5) is 0 Å². The molecule has 1 aliphatic carbocycles. The number of hydrogen-bond donors (Lipinski definition) is 1. The first-order valence-corrected chi connectivity index (χ1v) is 7.56. The highest BCUT2D eigenvalue weighted by Crippen LogP contribution is 2.25. The van der Waals surface area contributed by atoms with Gasteiger partial charge in [-0.05, 0) is 36.5 Å². The van der Waals surface area contributed by atoms with Gasteiger partial charge in [0.15, 0.2) is 0 Å². The summed E-state index contributed by atoms with van der Waals surface area (Å²) >= 11 is 0. The molecule has 0 spiro atoms. The van der Waals surface area contributed by atoms with Gasteiger partial charge in [0, 0.05) is 6.54 Å². The highest BCUT2D eigenvalue weighted by atomic mass is 32.2. The molecule has 0 aliphatic heterocycles. The molecule has 1 aromatic rings. The zero-order valence-electron chi connectivity index (χ0n) is 10.1. The fourth-order valence-electron chi connectivity index (χ4n) is 1.89. The lowest BCUT2D eigenvalue weighted by atomic mass is 9.86. The molecular weight excluding hydrogens is 248 g/mol. The number of nitrogens with one attached hydrogen (secondary N) is 1. The number of benzene rings is 1. The molecule has 0 aromatic heterocycles. The van der Waals surface area contributed by atoms with Gasteiger partial charge in [0.2, 0.25) is 10.0 Å². The lowest BCUT2D eigenvalue weighted by Gasteiger charge is -2.25. The van der Waals surface area contributed by atoms with E-state index >= 15 is 0 Å². The Hall–Kier alpha value is -1.38. The molecule has 4 nitrogen and oxygen atoms in total. The maximum Gasteiger partial charge on any atom is 0.240 e. The molecule has 0 amide bonds. The van der Waals surface area contributed by atoms with Crippen LogP contribution in [0.3, 0.4) is 0 Å². The van der Waals surface area contributed by atoms with Crippen LogP contribution in [-0.2, 0) is 16.4 Å². The predicted octanol–water partition coefficient (Wildman–Crippen LogP) is 1.83. The highest BCUT2D eigenvalue weighted by molar-refractivity contribution is 7.89. The van der Waals surface area contributed by atoms with Crippen LogP contribution in [0, 0.1) is 17.2 Å². The zero-order valence-corrected chi connectivity index (χ0v) is 10.9. The van der Waals surface area contributed by atoms with E-state index in [1.54, 1.807) is 24.3 Å². The third kappa shape index (κ3) is 3.09. The van der Waals surface area contributed by atoms with E-state index in [0.29, 0.717) is 18.9 Å². The van der Waals surface area contributed by atoms with Crippen molar-refractivity contribution in [1.82, 2.24) is 4.72 Å². The Kier molecular flexibility index (Phi) is 4.00. The van der Waals surface area contributed by atoms with Gasteiger partial charge < -0.3 is 0 Å². The largest absolute Gasteiger partial charge is 0.240 e. The van der Waals surface area contributed by atoms with Crippen LogP contribution in [0.2, 0.25) is 0 Å². The summed E-state index contributed by atoms with van der Waals surface area (Å²) in [5.74, 6) is 0.498. The number of nitrogens with zero attached hydrogens (tertiary/aromatic N) is 1. The molecule has 0 radical (unpaired) electrons. The second-order valence-electron chi connectivity index (χ2n) is 4.63. The Morgan fingerprint density at radius 2 is 1.94 bits per heavy atom. The van der Waals surface area contributed by atoms with E-state index in [1.165, 1.54) is 6.42 Å². The molecule has 96 valence electrons. The van der Waals surface area contributed by atoms with E-state index < -0.39 is 10.0 Å². The van der Waals surface area contributed by atoms with Gasteiger partial charge in [-0.25, -0.2) is 13.1 Å². The first-order valence-electron chi connectivity index (χ1n) is 6.07. The molecule has 1 saturated carbocycles. The summed E-state index contributed by atoms with van der Waals surface area (Å²) in [6.07, 6.45) is 3.73. The maximum absolute atomic E-state index is 12.0. The third-order valence-electron chi connectivity index (χ3n) is 3.30. The van der Waals surface area contributed by atoms with Crippen molar-refractivity contribution in [2.45, 2.75) is 30.6 Å². The van der Waals surface area contributed by atoms with Crippen LogP contribution in [-0.4, -0.2) is 15.0 Å². The number of sulfonamides is 1. The summed E-state index contributed by atoms with van der Waals surface area (Å²) < 4.78 is 26.6. The fraction of sp³-hybridized carbons (Fsp3) is 0.462. The molecule has 5 heteroatoms.